The van der Waals surface area contributed by atoms with E-state index in [0.29, 0.717) is 30.1 Å². The second-order valence-electron chi connectivity index (χ2n) is 4.25. The molecule has 2 amide bonds. The van der Waals surface area contributed by atoms with Crippen molar-refractivity contribution in [3.63, 3.8) is 0 Å². The zero-order valence-electron chi connectivity index (χ0n) is 9.90. The van der Waals surface area contributed by atoms with E-state index < -0.39 is 18.0 Å². The van der Waals surface area contributed by atoms with Crippen molar-refractivity contribution in [2.75, 3.05) is 11.9 Å². The Morgan fingerprint density at radius 1 is 1.47 bits per heavy atom. The van der Waals surface area contributed by atoms with Gasteiger partial charge in [-0.2, -0.15) is 0 Å². The third kappa shape index (κ3) is 3.19. The maximum atomic E-state index is 12.0. The van der Waals surface area contributed by atoms with Gasteiger partial charge in [-0.05, 0) is 47.0 Å². The molecule has 5 nitrogen and oxygen atoms in total. The van der Waals surface area contributed by atoms with Crippen LogP contribution in [0.4, 0.5) is 10.5 Å². The summed E-state index contributed by atoms with van der Waals surface area (Å²) >= 11 is 9.19. The second kappa shape index (κ2) is 5.79. The first-order valence-corrected chi connectivity index (χ1v) is 6.91. The number of nitrogens with one attached hydrogen (secondary N) is 1. The van der Waals surface area contributed by atoms with Crippen LogP contribution in [0.3, 0.4) is 0 Å². The van der Waals surface area contributed by atoms with Crippen molar-refractivity contribution in [2.24, 2.45) is 0 Å². The van der Waals surface area contributed by atoms with Gasteiger partial charge in [0.1, 0.15) is 6.04 Å². The minimum atomic E-state index is -0.971. The lowest BCUT2D eigenvalue weighted by Crippen LogP contribution is -2.42. The Labute approximate surface area is 123 Å². The van der Waals surface area contributed by atoms with Gasteiger partial charge in [-0.1, -0.05) is 11.6 Å². The molecule has 102 valence electrons. The zero-order valence-corrected chi connectivity index (χ0v) is 12.2. The molecule has 1 heterocycles. The van der Waals surface area contributed by atoms with Gasteiger partial charge in [-0.25, -0.2) is 9.59 Å². The van der Waals surface area contributed by atoms with Crippen molar-refractivity contribution in [3.05, 3.63) is 27.7 Å². The number of halogens is 2. The van der Waals surface area contributed by atoms with Gasteiger partial charge in [0.05, 0.1) is 5.02 Å². The van der Waals surface area contributed by atoms with E-state index in [9.17, 15) is 9.59 Å². The molecule has 1 aromatic rings. The number of hydrogen-bond acceptors (Lipinski definition) is 2. The Morgan fingerprint density at radius 2 is 2.21 bits per heavy atom. The fourth-order valence-electron chi connectivity index (χ4n) is 2.04. The summed E-state index contributed by atoms with van der Waals surface area (Å²) in [6, 6.07) is 3.86. The van der Waals surface area contributed by atoms with Crippen molar-refractivity contribution >= 4 is 45.2 Å². The molecule has 0 bridgehead atoms. The number of carbonyl (C=O) groups excluding carboxylic acids is 1. The summed E-state index contributed by atoms with van der Waals surface area (Å²) in [6.07, 6.45) is 1.19. The van der Waals surface area contributed by atoms with Crippen LogP contribution in [0.1, 0.15) is 12.8 Å². The number of carboxylic acids is 1. The van der Waals surface area contributed by atoms with Crippen LogP contribution in [0.15, 0.2) is 22.7 Å². The SMILES string of the molecule is O=C(O)[C@H]1CCCN1C(=O)Nc1ccc(Br)c(Cl)c1. The number of hydrogen-bond donors (Lipinski definition) is 2. The van der Waals surface area contributed by atoms with Gasteiger partial charge < -0.3 is 15.3 Å². The molecule has 0 spiro atoms. The Morgan fingerprint density at radius 3 is 2.84 bits per heavy atom. The highest BCUT2D eigenvalue weighted by atomic mass is 79.9. The van der Waals surface area contributed by atoms with Gasteiger partial charge in [-0.3, -0.25) is 0 Å². The van der Waals surface area contributed by atoms with Crippen LogP contribution in [0, 0.1) is 0 Å². The molecule has 0 radical (unpaired) electrons. The number of carbonyl (C=O) groups is 2. The Bertz CT molecular complexity index is 524. The lowest BCUT2D eigenvalue weighted by atomic mass is 10.2. The van der Waals surface area contributed by atoms with Crippen molar-refractivity contribution in [3.8, 4) is 0 Å². The van der Waals surface area contributed by atoms with Gasteiger partial charge in [0.15, 0.2) is 0 Å². The second-order valence-corrected chi connectivity index (χ2v) is 5.51. The highest BCUT2D eigenvalue weighted by Gasteiger charge is 2.33. The summed E-state index contributed by atoms with van der Waals surface area (Å²) < 4.78 is 0.733. The molecule has 1 aliphatic heterocycles. The van der Waals surface area contributed by atoms with Crippen molar-refractivity contribution < 1.29 is 14.7 Å². The largest absolute Gasteiger partial charge is 0.480 e. The minimum Gasteiger partial charge on any atom is -0.480 e. The molecule has 1 fully saturated rings. The number of benzene rings is 1. The van der Waals surface area contributed by atoms with Gasteiger partial charge in [0, 0.05) is 16.7 Å². The number of likely N-dealkylation sites (tertiary alicyclic amines) is 1. The number of aliphatic carboxylic acids is 1. The molecule has 0 aromatic heterocycles. The summed E-state index contributed by atoms with van der Waals surface area (Å²) in [5, 5.41) is 12.2. The average molecular weight is 348 g/mol. The summed E-state index contributed by atoms with van der Waals surface area (Å²) in [7, 11) is 0. The Hall–Kier alpha value is -1.27. The van der Waals surface area contributed by atoms with Crippen molar-refractivity contribution in [2.45, 2.75) is 18.9 Å². The zero-order chi connectivity index (χ0) is 14.0. The first-order valence-electron chi connectivity index (χ1n) is 5.74. The first kappa shape index (κ1) is 14.1. The molecule has 7 heteroatoms. The maximum Gasteiger partial charge on any atom is 0.326 e. The molecule has 0 unspecified atom stereocenters. The van der Waals surface area contributed by atoms with Crippen LogP contribution in [-0.2, 0) is 4.79 Å². The summed E-state index contributed by atoms with van der Waals surface area (Å²) in [6.45, 7) is 0.451. The minimum absolute atomic E-state index is 0.414. The lowest BCUT2D eigenvalue weighted by Gasteiger charge is -2.21. The third-order valence-electron chi connectivity index (χ3n) is 2.97. The molecule has 19 heavy (non-hydrogen) atoms. The topological polar surface area (TPSA) is 69.6 Å². The molecule has 1 aromatic carbocycles. The molecule has 2 rings (SSSR count). The van der Waals surface area contributed by atoms with E-state index in [-0.39, 0.29) is 0 Å². The number of rotatable bonds is 2. The van der Waals surface area contributed by atoms with Crippen LogP contribution >= 0.6 is 27.5 Å². The number of nitrogens with zero attached hydrogens (tertiary/aromatic N) is 1. The van der Waals surface area contributed by atoms with Crippen molar-refractivity contribution in [1.82, 2.24) is 4.90 Å². The van der Waals surface area contributed by atoms with Crippen LogP contribution in [0.25, 0.3) is 0 Å². The molecule has 1 atom stereocenters. The van der Waals surface area contributed by atoms with E-state index in [2.05, 4.69) is 21.2 Å². The van der Waals surface area contributed by atoms with E-state index >= 15 is 0 Å². The lowest BCUT2D eigenvalue weighted by molar-refractivity contribution is -0.141. The average Bonchev–Trinajstić information content (AvgIpc) is 2.83. The first-order chi connectivity index (χ1) is 8.99. The summed E-state index contributed by atoms with van der Waals surface area (Å²) in [4.78, 5) is 24.4. The molecular weight excluding hydrogens is 336 g/mol. The van der Waals surface area contributed by atoms with E-state index in [1.54, 1.807) is 18.2 Å². The van der Waals surface area contributed by atoms with Gasteiger partial charge in [0.25, 0.3) is 0 Å². The Balaban J connectivity index is 2.08. The molecule has 2 N–H and O–H groups in total. The smallest absolute Gasteiger partial charge is 0.326 e. The quantitative estimate of drug-likeness (QED) is 0.863. The number of anilines is 1. The predicted octanol–water partition coefficient (Wildman–Crippen LogP) is 3.18. The number of urea groups is 1. The molecule has 1 saturated heterocycles. The van der Waals surface area contributed by atoms with E-state index in [1.165, 1.54) is 4.90 Å². The fourth-order valence-corrected chi connectivity index (χ4v) is 2.46. The van der Waals surface area contributed by atoms with Crippen molar-refractivity contribution in [1.29, 1.82) is 0 Å². The van der Waals surface area contributed by atoms with E-state index in [0.717, 1.165) is 4.47 Å². The summed E-state index contributed by atoms with van der Waals surface area (Å²) in [5.41, 5.74) is 0.536. The van der Waals surface area contributed by atoms with Crippen LogP contribution < -0.4 is 5.32 Å². The van der Waals surface area contributed by atoms with Crippen LogP contribution in [0.5, 0.6) is 0 Å². The fraction of sp³-hybridized carbons (Fsp3) is 0.333. The highest BCUT2D eigenvalue weighted by molar-refractivity contribution is 9.10. The molecular formula is C12H12BrClN2O3. The predicted molar refractivity (Wildman–Crippen MR) is 75.5 cm³/mol. The molecule has 0 aliphatic carbocycles. The van der Waals surface area contributed by atoms with E-state index in [4.69, 9.17) is 16.7 Å². The third-order valence-corrected chi connectivity index (χ3v) is 4.20. The number of carboxylic acid groups (broad SMARTS) is 1. The normalized spacial score (nSPS) is 18.4. The van der Waals surface area contributed by atoms with Crippen LogP contribution in [-0.4, -0.2) is 34.6 Å². The number of amides is 2. The molecule has 1 aliphatic rings. The maximum absolute atomic E-state index is 12.0. The highest BCUT2D eigenvalue weighted by Crippen LogP contribution is 2.26. The van der Waals surface area contributed by atoms with Gasteiger partial charge >= 0.3 is 12.0 Å². The van der Waals surface area contributed by atoms with Gasteiger partial charge in [0.2, 0.25) is 0 Å². The standard InChI is InChI=1S/C12H12BrClN2O3/c13-8-4-3-7(6-9(8)14)15-12(19)16-5-1-2-10(16)11(17)18/h3-4,6,10H,1-2,5H2,(H,15,19)(H,17,18)/t10-/m1/s1. The summed E-state index contributed by atoms with van der Waals surface area (Å²) in [5.74, 6) is -0.971. The van der Waals surface area contributed by atoms with Crippen LogP contribution in [0.2, 0.25) is 5.02 Å². The van der Waals surface area contributed by atoms with E-state index in [1.807, 2.05) is 0 Å². The molecule has 0 saturated carbocycles. The Kier molecular flexibility index (Phi) is 4.31. The monoisotopic (exact) mass is 346 g/mol. The van der Waals surface area contributed by atoms with Gasteiger partial charge in [-0.15, -0.1) is 0 Å².